The van der Waals surface area contributed by atoms with Gasteiger partial charge in [-0.15, -0.1) is 10.2 Å². The maximum atomic E-state index is 6.36. The quantitative estimate of drug-likeness (QED) is 0.159. The van der Waals surface area contributed by atoms with Gasteiger partial charge >= 0.3 is 0 Å². The lowest BCUT2D eigenvalue weighted by Crippen LogP contribution is -1.94. The molecule has 6 aromatic carbocycles. The second-order valence-corrected chi connectivity index (χ2v) is 12.2. The number of benzene rings is 6. The summed E-state index contributed by atoms with van der Waals surface area (Å²) < 4.78 is 33.1. The van der Waals surface area contributed by atoms with Crippen molar-refractivity contribution in [3.8, 4) is 57.3 Å². The zero-order chi connectivity index (χ0) is 34.6. The first-order valence-electron chi connectivity index (χ1n) is 16.4. The second kappa shape index (κ2) is 12.0. The number of nitrogens with zero attached hydrogens (tertiary/aromatic N) is 4. The van der Waals surface area contributed by atoms with Crippen molar-refractivity contribution in [3.05, 3.63) is 121 Å². The molecule has 0 saturated heterocycles. The predicted molar refractivity (Wildman–Crippen MR) is 200 cm³/mol. The second-order valence-electron chi connectivity index (χ2n) is 12.2. The minimum atomic E-state index is 0.428. The normalized spacial score (nSPS) is 11.5. The monoisotopic (exact) mass is 672 g/mol. The van der Waals surface area contributed by atoms with E-state index in [2.05, 4.69) is 92.1 Å². The summed E-state index contributed by atoms with van der Waals surface area (Å²) in [7, 11) is 6.72. The van der Waals surface area contributed by atoms with Crippen molar-refractivity contribution in [2.75, 3.05) is 28.4 Å². The van der Waals surface area contributed by atoms with Gasteiger partial charge in [0.25, 0.3) is 0 Å². The summed E-state index contributed by atoms with van der Waals surface area (Å²) in [5.74, 6) is 4.02. The van der Waals surface area contributed by atoms with E-state index in [1.165, 1.54) is 0 Å². The summed E-state index contributed by atoms with van der Waals surface area (Å²) in [6.07, 6.45) is 0. The molecule has 9 nitrogen and oxygen atoms in total. The molecule has 9 heteroatoms. The highest BCUT2D eigenvalue weighted by molar-refractivity contribution is 6.11. The summed E-state index contributed by atoms with van der Waals surface area (Å²) in [6, 6.07) is 40.7. The van der Waals surface area contributed by atoms with Crippen LogP contribution in [0.5, 0.6) is 23.0 Å². The van der Waals surface area contributed by atoms with Crippen LogP contribution in [0.1, 0.15) is 0 Å². The fraction of sp³-hybridized carbons (Fsp3) is 0.0952. The molecule has 0 saturated carbocycles. The summed E-state index contributed by atoms with van der Waals surface area (Å²) in [6.45, 7) is 0. The Kier molecular flexibility index (Phi) is 7.13. The Balaban J connectivity index is 1.12. The largest absolute Gasteiger partial charge is 0.497 e. The topological polar surface area (TPSA) is 85.7 Å². The number of aromatic nitrogens is 4. The van der Waals surface area contributed by atoms with Gasteiger partial charge < -0.3 is 32.5 Å². The fourth-order valence-corrected chi connectivity index (χ4v) is 7.04. The Bertz CT molecular complexity index is 2460. The van der Waals surface area contributed by atoms with Gasteiger partial charge in [0.2, 0.25) is 11.8 Å². The summed E-state index contributed by atoms with van der Waals surface area (Å²) in [4.78, 5) is 0. The zero-order valence-electron chi connectivity index (χ0n) is 28.4. The summed E-state index contributed by atoms with van der Waals surface area (Å²) in [5.41, 5.74) is 7.72. The van der Waals surface area contributed by atoms with E-state index in [1.807, 2.05) is 48.5 Å². The smallest absolute Gasteiger partial charge is 0.248 e. The molecule has 51 heavy (non-hydrogen) atoms. The molecule has 0 aliphatic heterocycles. The van der Waals surface area contributed by atoms with E-state index >= 15 is 0 Å². The first-order chi connectivity index (χ1) is 25.1. The third-order valence-electron chi connectivity index (χ3n) is 9.49. The molecule has 0 atom stereocenters. The molecule has 0 radical (unpaired) electrons. The lowest BCUT2D eigenvalue weighted by molar-refractivity contribution is 0.415. The number of hydrogen-bond acceptors (Lipinski definition) is 7. The number of methoxy groups -OCH3 is 4. The van der Waals surface area contributed by atoms with Crippen molar-refractivity contribution in [1.29, 1.82) is 0 Å². The SMILES string of the molecule is COc1ccc2c(c1)c1cc(OC)ccc1n2-c1cccc(-c2nnc(-c3cccc(-n4c5ccc(OC)cc5c5cc(OC)ccc54)c3)o2)c1. The third-order valence-corrected chi connectivity index (χ3v) is 9.49. The van der Waals surface area contributed by atoms with Crippen molar-refractivity contribution >= 4 is 43.6 Å². The van der Waals surface area contributed by atoms with E-state index in [1.54, 1.807) is 28.4 Å². The van der Waals surface area contributed by atoms with Gasteiger partial charge in [-0.3, -0.25) is 0 Å². The number of ether oxygens (including phenoxy) is 4. The average molecular weight is 673 g/mol. The molecule has 0 aliphatic carbocycles. The molecule has 0 fully saturated rings. The molecule has 3 aromatic heterocycles. The van der Waals surface area contributed by atoms with Crippen molar-refractivity contribution in [2.24, 2.45) is 0 Å². The van der Waals surface area contributed by atoms with Crippen molar-refractivity contribution in [2.45, 2.75) is 0 Å². The molecule has 3 heterocycles. The van der Waals surface area contributed by atoms with Crippen LogP contribution in [0.15, 0.2) is 126 Å². The van der Waals surface area contributed by atoms with Gasteiger partial charge in [0, 0.05) is 44.0 Å². The number of hydrogen-bond donors (Lipinski definition) is 0. The van der Waals surface area contributed by atoms with E-state index in [4.69, 9.17) is 23.4 Å². The maximum absolute atomic E-state index is 6.36. The molecule has 0 amide bonds. The minimum Gasteiger partial charge on any atom is -0.497 e. The molecular weight excluding hydrogens is 640 g/mol. The Morgan fingerprint density at radius 1 is 0.412 bits per heavy atom. The number of rotatable bonds is 8. The summed E-state index contributed by atoms with van der Waals surface area (Å²) >= 11 is 0. The van der Waals surface area contributed by atoms with E-state index < -0.39 is 0 Å². The van der Waals surface area contributed by atoms with Crippen LogP contribution in [-0.4, -0.2) is 47.8 Å². The van der Waals surface area contributed by atoms with Crippen LogP contribution in [0, 0.1) is 0 Å². The van der Waals surface area contributed by atoms with Crippen molar-refractivity contribution in [1.82, 2.24) is 19.3 Å². The maximum Gasteiger partial charge on any atom is 0.248 e. The van der Waals surface area contributed by atoms with Crippen LogP contribution < -0.4 is 18.9 Å². The van der Waals surface area contributed by atoms with Crippen LogP contribution in [0.2, 0.25) is 0 Å². The Labute approximate surface area is 292 Å². The van der Waals surface area contributed by atoms with Crippen LogP contribution in [0.25, 0.3) is 77.9 Å². The molecule has 250 valence electrons. The Morgan fingerprint density at radius 3 is 1.06 bits per heavy atom. The standard InChI is InChI=1S/C42H32N4O5/c1-47-29-11-15-37-33(21-29)34-22-30(48-2)12-16-38(34)45(37)27-9-5-7-25(19-27)41-43-44-42(51-41)26-8-6-10-28(20-26)46-39-17-13-31(49-3)23-35(39)36-24-32(50-4)14-18-40(36)46/h5-24H,1-4H3. The van der Waals surface area contributed by atoms with Crippen LogP contribution in [0.4, 0.5) is 0 Å². The molecule has 0 N–H and O–H groups in total. The highest BCUT2D eigenvalue weighted by atomic mass is 16.5. The zero-order valence-corrected chi connectivity index (χ0v) is 28.4. The van der Waals surface area contributed by atoms with Crippen LogP contribution >= 0.6 is 0 Å². The Morgan fingerprint density at radius 2 is 0.745 bits per heavy atom. The lowest BCUT2D eigenvalue weighted by atomic mass is 10.1. The first kappa shape index (κ1) is 30.3. The van der Waals surface area contributed by atoms with E-state index in [0.29, 0.717) is 11.8 Å². The molecule has 0 spiro atoms. The van der Waals surface area contributed by atoms with Gasteiger partial charge in [-0.05, 0) is 109 Å². The minimum absolute atomic E-state index is 0.428. The van der Waals surface area contributed by atoms with Gasteiger partial charge in [-0.1, -0.05) is 12.1 Å². The van der Waals surface area contributed by atoms with E-state index in [-0.39, 0.29) is 0 Å². The molecule has 0 bridgehead atoms. The molecule has 9 rings (SSSR count). The Hall–Kier alpha value is -6.74. The van der Waals surface area contributed by atoms with Gasteiger partial charge in [-0.2, -0.15) is 0 Å². The third kappa shape index (κ3) is 4.93. The number of fused-ring (bicyclic) bond motifs is 6. The highest BCUT2D eigenvalue weighted by Gasteiger charge is 2.18. The van der Waals surface area contributed by atoms with Crippen LogP contribution in [0.3, 0.4) is 0 Å². The van der Waals surface area contributed by atoms with Gasteiger partial charge in [0.05, 0.1) is 50.5 Å². The van der Waals surface area contributed by atoms with Crippen molar-refractivity contribution in [3.63, 3.8) is 0 Å². The first-order valence-corrected chi connectivity index (χ1v) is 16.4. The molecule has 0 unspecified atom stereocenters. The van der Waals surface area contributed by atoms with Crippen molar-refractivity contribution < 1.29 is 23.4 Å². The van der Waals surface area contributed by atoms with Gasteiger partial charge in [0.15, 0.2) is 0 Å². The molecule has 9 aromatic rings. The predicted octanol–water partition coefficient (Wildman–Crippen LogP) is 9.63. The van der Waals surface area contributed by atoms with E-state index in [0.717, 1.165) is 89.1 Å². The van der Waals surface area contributed by atoms with E-state index in [9.17, 15) is 0 Å². The van der Waals surface area contributed by atoms with Gasteiger partial charge in [-0.25, -0.2) is 0 Å². The highest BCUT2D eigenvalue weighted by Crippen LogP contribution is 2.39. The molecule has 0 aliphatic rings. The van der Waals surface area contributed by atoms with Crippen LogP contribution in [-0.2, 0) is 0 Å². The fourth-order valence-electron chi connectivity index (χ4n) is 7.04. The average Bonchev–Trinajstić information content (AvgIpc) is 3.90. The molecular formula is C42H32N4O5. The lowest BCUT2D eigenvalue weighted by Gasteiger charge is -2.10. The van der Waals surface area contributed by atoms with Gasteiger partial charge in [0.1, 0.15) is 23.0 Å². The summed E-state index contributed by atoms with van der Waals surface area (Å²) in [5, 5.41) is 13.2.